The first-order valence-electron chi connectivity index (χ1n) is 9.55. The standard InChI is InChI=1S/C22H16BrN3O5S/c23-15-5-1-13(2-6-15)17-12-32-22(24-17)25-18(27)11-31-21(30)14-3-7-16(8-4-14)26-19(28)9-10-20(26)29/h1-8,12H,9-11H2,(H,24,25,27). The number of nitrogens with one attached hydrogen (secondary N) is 1. The van der Waals surface area contributed by atoms with E-state index in [9.17, 15) is 19.2 Å². The van der Waals surface area contributed by atoms with Crippen LogP contribution in [0.1, 0.15) is 23.2 Å². The number of aromatic nitrogens is 1. The molecule has 32 heavy (non-hydrogen) atoms. The Balaban J connectivity index is 1.30. The van der Waals surface area contributed by atoms with E-state index in [1.54, 1.807) is 0 Å². The summed E-state index contributed by atoms with van der Waals surface area (Å²) in [6, 6.07) is 13.5. The number of nitrogens with zero attached hydrogens (tertiary/aromatic N) is 2. The Labute approximate surface area is 195 Å². The maximum absolute atomic E-state index is 12.2. The van der Waals surface area contributed by atoms with Crippen LogP contribution in [0.3, 0.4) is 0 Å². The molecule has 10 heteroatoms. The smallest absolute Gasteiger partial charge is 0.338 e. The van der Waals surface area contributed by atoms with Crippen LogP contribution in [0.25, 0.3) is 11.3 Å². The summed E-state index contributed by atoms with van der Waals surface area (Å²) in [6.07, 6.45) is 0.364. The summed E-state index contributed by atoms with van der Waals surface area (Å²) in [5.41, 5.74) is 2.24. The molecule has 1 N–H and O–H groups in total. The number of thiazole rings is 1. The average Bonchev–Trinajstić information content (AvgIpc) is 3.39. The van der Waals surface area contributed by atoms with Crippen LogP contribution in [0.2, 0.25) is 0 Å². The van der Waals surface area contributed by atoms with Gasteiger partial charge in [0.1, 0.15) is 0 Å². The molecule has 0 radical (unpaired) electrons. The molecule has 1 fully saturated rings. The number of carbonyl (C=O) groups is 4. The van der Waals surface area contributed by atoms with Crippen LogP contribution >= 0.6 is 27.3 Å². The third kappa shape index (κ3) is 4.92. The summed E-state index contributed by atoms with van der Waals surface area (Å²) < 4.78 is 6.01. The van der Waals surface area contributed by atoms with Gasteiger partial charge in [-0.2, -0.15) is 0 Å². The molecule has 0 unspecified atom stereocenters. The number of halogens is 1. The van der Waals surface area contributed by atoms with E-state index in [0.717, 1.165) is 20.6 Å². The number of benzene rings is 2. The molecule has 0 aliphatic carbocycles. The van der Waals surface area contributed by atoms with E-state index < -0.39 is 18.5 Å². The fourth-order valence-electron chi connectivity index (χ4n) is 3.07. The maximum atomic E-state index is 12.2. The van der Waals surface area contributed by atoms with Gasteiger partial charge < -0.3 is 4.74 Å². The molecule has 8 nitrogen and oxygen atoms in total. The van der Waals surface area contributed by atoms with Gasteiger partial charge in [0.05, 0.1) is 16.9 Å². The molecule has 1 aromatic heterocycles. The SMILES string of the molecule is O=C(COC(=O)c1ccc(N2C(=O)CCC2=O)cc1)Nc1nc(-c2ccc(Br)cc2)cs1. The van der Waals surface area contributed by atoms with Crippen molar-refractivity contribution in [2.75, 3.05) is 16.8 Å². The van der Waals surface area contributed by atoms with Crippen molar-refractivity contribution in [1.29, 1.82) is 0 Å². The molecule has 3 amide bonds. The van der Waals surface area contributed by atoms with E-state index in [1.807, 2.05) is 29.6 Å². The molecule has 2 aromatic carbocycles. The Bertz CT molecular complexity index is 1180. The number of ether oxygens (including phenoxy) is 1. The first-order valence-corrected chi connectivity index (χ1v) is 11.2. The van der Waals surface area contributed by atoms with Crippen LogP contribution in [0, 0.1) is 0 Å². The van der Waals surface area contributed by atoms with E-state index in [-0.39, 0.29) is 30.2 Å². The second kappa shape index (κ2) is 9.41. The van der Waals surface area contributed by atoms with Crippen LogP contribution in [-0.2, 0) is 19.1 Å². The number of carbonyl (C=O) groups excluding carboxylic acids is 4. The normalized spacial score (nSPS) is 13.3. The summed E-state index contributed by atoms with van der Waals surface area (Å²) in [5.74, 6) is -1.75. The van der Waals surface area contributed by atoms with Crippen molar-refractivity contribution < 1.29 is 23.9 Å². The Morgan fingerprint density at radius 1 is 1.03 bits per heavy atom. The lowest BCUT2D eigenvalue weighted by atomic mass is 10.2. The van der Waals surface area contributed by atoms with Crippen LogP contribution < -0.4 is 10.2 Å². The third-order valence-electron chi connectivity index (χ3n) is 4.64. The minimum absolute atomic E-state index is 0.182. The Kier molecular flexibility index (Phi) is 6.42. The number of anilines is 2. The van der Waals surface area contributed by atoms with Gasteiger partial charge in [-0.1, -0.05) is 28.1 Å². The van der Waals surface area contributed by atoms with Gasteiger partial charge in [0.15, 0.2) is 11.7 Å². The highest BCUT2D eigenvalue weighted by molar-refractivity contribution is 9.10. The van der Waals surface area contributed by atoms with Gasteiger partial charge in [0.2, 0.25) is 11.8 Å². The number of amides is 3. The van der Waals surface area contributed by atoms with Crippen molar-refractivity contribution in [2.24, 2.45) is 0 Å². The largest absolute Gasteiger partial charge is 0.452 e. The van der Waals surface area contributed by atoms with E-state index in [4.69, 9.17) is 4.74 Å². The highest BCUT2D eigenvalue weighted by Gasteiger charge is 2.30. The van der Waals surface area contributed by atoms with Crippen molar-refractivity contribution in [3.8, 4) is 11.3 Å². The van der Waals surface area contributed by atoms with Gasteiger partial charge in [-0.3, -0.25) is 24.6 Å². The summed E-state index contributed by atoms with van der Waals surface area (Å²) in [7, 11) is 0. The quantitative estimate of drug-likeness (QED) is 0.394. The second-order valence-electron chi connectivity index (χ2n) is 6.84. The van der Waals surface area contributed by atoms with Crippen LogP contribution in [0.5, 0.6) is 0 Å². The second-order valence-corrected chi connectivity index (χ2v) is 8.61. The molecule has 162 valence electrons. The average molecular weight is 514 g/mol. The summed E-state index contributed by atoms with van der Waals surface area (Å²) >= 11 is 4.65. The van der Waals surface area contributed by atoms with Crippen molar-refractivity contribution in [3.63, 3.8) is 0 Å². The van der Waals surface area contributed by atoms with Crippen molar-refractivity contribution in [2.45, 2.75) is 12.8 Å². The number of imide groups is 1. The summed E-state index contributed by atoms with van der Waals surface area (Å²) in [5, 5.41) is 4.82. The van der Waals surface area contributed by atoms with Gasteiger partial charge in [-0.25, -0.2) is 9.78 Å². The molecule has 1 aliphatic rings. The lowest BCUT2D eigenvalue weighted by Crippen LogP contribution is -2.28. The first-order chi connectivity index (χ1) is 15.4. The molecule has 0 atom stereocenters. The minimum Gasteiger partial charge on any atom is -0.452 e. The Morgan fingerprint density at radius 2 is 1.69 bits per heavy atom. The zero-order chi connectivity index (χ0) is 22.7. The molecule has 0 bridgehead atoms. The molecule has 2 heterocycles. The number of rotatable bonds is 6. The third-order valence-corrected chi connectivity index (χ3v) is 5.92. The van der Waals surface area contributed by atoms with Crippen molar-refractivity contribution in [1.82, 2.24) is 4.98 Å². The maximum Gasteiger partial charge on any atom is 0.338 e. The van der Waals surface area contributed by atoms with E-state index in [1.165, 1.54) is 35.6 Å². The topological polar surface area (TPSA) is 106 Å². The number of hydrogen-bond acceptors (Lipinski definition) is 7. The first kappa shape index (κ1) is 21.8. The predicted octanol–water partition coefficient (Wildman–Crippen LogP) is 4.02. The van der Waals surface area contributed by atoms with Crippen LogP contribution in [0.15, 0.2) is 58.4 Å². The minimum atomic E-state index is -0.694. The van der Waals surface area contributed by atoms with Gasteiger partial charge >= 0.3 is 5.97 Å². The zero-order valence-electron chi connectivity index (χ0n) is 16.5. The lowest BCUT2D eigenvalue weighted by molar-refractivity contribution is -0.121. The van der Waals surface area contributed by atoms with Crippen molar-refractivity contribution >= 4 is 61.8 Å². The summed E-state index contributed by atoms with van der Waals surface area (Å²) in [4.78, 5) is 53.4. The molecule has 3 aromatic rings. The Hall–Kier alpha value is -3.37. The fourth-order valence-corrected chi connectivity index (χ4v) is 4.07. The van der Waals surface area contributed by atoms with Crippen LogP contribution in [-0.4, -0.2) is 35.3 Å². The molecule has 0 spiro atoms. The van der Waals surface area contributed by atoms with Gasteiger partial charge in [-0.15, -0.1) is 11.3 Å². The zero-order valence-corrected chi connectivity index (χ0v) is 18.9. The van der Waals surface area contributed by atoms with Crippen molar-refractivity contribution in [3.05, 3.63) is 63.9 Å². The molecule has 1 aliphatic heterocycles. The fraction of sp³-hybridized carbons (Fsp3) is 0.136. The monoisotopic (exact) mass is 513 g/mol. The Morgan fingerprint density at radius 3 is 2.34 bits per heavy atom. The van der Waals surface area contributed by atoms with E-state index >= 15 is 0 Å². The molecular formula is C22H16BrN3O5S. The predicted molar refractivity (Wildman–Crippen MR) is 122 cm³/mol. The summed E-state index contributed by atoms with van der Waals surface area (Å²) in [6.45, 7) is -0.475. The number of hydrogen-bond donors (Lipinski definition) is 1. The molecule has 1 saturated heterocycles. The molecular weight excluding hydrogens is 498 g/mol. The number of esters is 1. The van der Waals surface area contributed by atoms with Gasteiger partial charge in [0, 0.05) is 28.3 Å². The van der Waals surface area contributed by atoms with E-state index in [2.05, 4.69) is 26.2 Å². The molecule has 0 saturated carbocycles. The van der Waals surface area contributed by atoms with Crippen LogP contribution in [0.4, 0.5) is 10.8 Å². The van der Waals surface area contributed by atoms with Gasteiger partial charge in [0.25, 0.3) is 5.91 Å². The van der Waals surface area contributed by atoms with E-state index in [0.29, 0.717) is 10.8 Å². The lowest BCUT2D eigenvalue weighted by Gasteiger charge is -2.14. The highest BCUT2D eigenvalue weighted by atomic mass is 79.9. The highest BCUT2D eigenvalue weighted by Crippen LogP contribution is 2.26. The molecule has 4 rings (SSSR count). The van der Waals surface area contributed by atoms with Gasteiger partial charge in [-0.05, 0) is 36.4 Å².